The van der Waals surface area contributed by atoms with Gasteiger partial charge in [0.1, 0.15) is 0 Å². The summed E-state index contributed by atoms with van der Waals surface area (Å²) in [4.78, 5) is 23.2. The van der Waals surface area contributed by atoms with Crippen LogP contribution in [0.25, 0.3) is 10.9 Å². The molecule has 1 N–H and O–H groups in total. The molecule has 1 fully saturated rings. The van der Waals surface area contributed by atoms with Crippen molar-refractivity contribution in [1.29, 1.82) is 0 Å². The van der Waals surface area contributed by atoms with Crippen molar-refractivity contribution in [3.8, 4) is 0 Å². The van der Waals surface area contributed by atoms with Gasteiger partial charge in [0, 0.05) is 56.2 Å². The summed E-state index contributed by atoms with van der Waals surface area (Å²) in [6.07, 6.45) is 8.08. The summed E-state index contributed by atoms with van der Waals surface area (Å²) < 4.78 is 2.14. The minimum atomic E-state index is 0.101. The number of aryl methyl sites for hydroxylation is 1. The molecule has 1 unspecified atom stereocenters. The van der Waals surface area contributed by atoms with Crippen LogP contribution < -0.4 is 10.2 Å². The highest BCUT2D eigenvalue weighted by atomic mass is 16.1. The number of fused-ring (bicyclic) bond motifs is 1. The maximum atomic E-state index is 12.4. The van der Waals surface area contributed by atoms with Crippen molar-refractivity contribution < 1.29 is 4.79 Å². The number of amides is 1. The van der Waals surface area contributed by atoms with Crippen LogP contribution in [0.3, 0.4) is 0 Å². The average Bonchev–Trinajstić information content (AvgIpc) is 3.10. The minimum Gasteiger partial charge on any atom is -0.352 e. The van der Waals surface area contributed by atoms with E-state index in [0.29, 0.717) is 13.0 Å². The number of para-hydroxylation sites is 1. The molecule has 26 heavy (non-hydrogen) atoms. The molecule has 0 bridgehead atoms. The van der Waals surface area contributed by atoms with E-state index in [4.69, 9.17) is 0 Å². The topological polar surface area (TPSA) is 63.1 Å². The van der Waals surface area contributed by atoms with Crippen molar-refractivity contribution in [3.05, 3.63) is 55.0 Å². The zero-order chi connectivity index (χ0) is 17.8. The smallest absolute Gasteiger partial charge is 0.225 e. The lowest BCUT2D eigenvalue weighted by molar-refractivity contribution is -0.122. The maximum Gasteiger partial charge on any atom is 0.225 e. The second-order valence-electron chi connectivity index (χ2n) is 6.72. The first-order valence-electron chi connectivity index (χ1n) is 9.15. The molecule has 1 amide bonds. The summed E-state index contributed by atoms with van der Waals surface area (Å²) in [6, 6.07) is 12.3. The highest BCUT2D eigenvalue weighted by Gasteiger charge is 2.22. The van der Waals surface area contributed by atoms with Crippen molar-refractivity contribution in [1.82, 2.24) is 19.9 Å². The molecule has 1 atom stereocenters. The van der Waals surface area contributed by atoms with Crippen molar-refractivity contribution in [3.63, 3.8) is 0 Å². The lowest BCUT2D eigenvalue weighted by atomic mass is 10.1. The van der Waals surface area contributed by atoms with E-state index in [-0.39, 0.29) is 11.9 Å². The number of piperidine rings is 1. The molecule has 6 heteroatoms. The molecule has 6 nitrogen and oxygen atoms in total. The summed E-state index contributed by atoms with van der Waals surface area (Å²) in [6.45, 7) is 2.39. The quantitative estimate of drug-likeness (QED) is 0.769. The van der Waals surface area contributed by atoms with E-state index in [9.17, 15) is 4.79 Å². The highest BCUT2D eigenvalue weighted by molar-refractivity contribution is 5.80. The van der Waals surface area contributed by atoms with E-state index in [0.717, 1.165) is 31.9 Å². The molecule has 134 valence electrons. The van der Waals surface area contributed by atoms with Gasteiger partial charge in [-0.1, -0.05) is 18.2 Å². The van der Waals surface area contributed by atoms with E-state index >= 15 is 0 Å². The molecule has 1 aliphatic heterocycles. The first-order chi connectivity index (χ1) is 12.8. The molecule has 2 aromatic heterocycles. The summed E-state index contributed by atoms with van der Waals surface area (Å²) in [5.41, 5.74) is 1.17. The van der Waals surface area contributed by atoms with Gasteiger partial charge in [-0.25, -0.2) is 9.97 Å². The Bertz CT molecular complexity index is 876. The van der Waals surface area contributed by atoms with Crippen LogP contribution >= 0.6 is 0 Å². The van der Waals surface area contributed by atoms with E-state index in [1.54, 1.807) is 12.4 Å². The van der Waals surface area contributed by atoms with Crippen molar-refractivity contribution in [2.75, 3.05) is 18.0 Å². The third kappa shape index (κ3) is 3.69. The zero-order valence-electron chi connectivity index (χ0n) is 14.7. The van der Waals surface area contributed by atoms with Crippen molar-refractivity contribution >= 4 is 22.8 Å². The number of nitrogens with one attached hydrogen (secondary N) is 1. The van der Waals surface area contributed by atoms with Gasteiger partial charge in [-0.05, 0) is 36.4 Å². The summed E-state index contributed by atoms with van der Waals surface area (Å²) in [5, 5.41) is 4.39. The van der Waals surface area contributed by atoms with Gasteiger partial charge < -0.3 is 14.8 Å². The maximum absolute atomic E-state index is 12.4. The van der Waals surface area contributed by atoms with Crippen LogP contribution in [-0.2, 0) is 11.3 Å². The predicted octanol–water partition coefficient (Wildman–Crippen LogP) is 2.61. The van der Waals surface area contributed by atoms with Crippen LogP contribution in [0.5, 0.6) is 0 Å². The summed E-state index contributed by atoms with van der Waals surface area (Å²) in [5.74, 6) is 0.842. The third-order valence-electron chi connectivity index (χ3n) is 4.88. The Kier molecular flexibility index (Phi) is 4.82. The predicted molar refractivity (Wildman–Crippen MR) is 102 cm³/mol. The molecule has 0 saturated carbocycles. The van der Waals surface area contributed by atoms with Gasteiger partial charge in [0.2, 0.25) is 11.9 Å². The Balaban J connectivity index is 1.32. The standard InChI is InChI=1S/C20H23N5O/c26-19(9-14-24-13-8-16-5-1-2-7-18(16)24)23-17-6-3-12-25(15-17)20-21-10-4-11-22-20/h1-2,4-5,7-8,10-11,13,17H,3,6,9,12,14-15H2,(H,23,26). The van der Waals surface area contributed by atoms with Crippen molar-refractivity contribution in [2.45, 2.75) is 31.8 Å². The molecular weight excluding hydrogens is 326 g/mol. The first-order valence-corrected chi connectivity index (χ1v) is 9.15. The van der Waals surface area contributed by atoms with Gasteiger partial charge in [-0.3, -0.25) is 4.79 Å². The lowest BCUT2D eigenvalue weighted by Gasteiger charge is -2.33. The molecule has 0 spiro atoms. The molecule has 1 aromatic carbocycles. The fraction of sp³-hybridized carbons (Fsp3) is 0.350. The Hall–Kier alpha value is -2.89. The van der Waals surface area contributed by atoms with Crippen LogP contribution in [-0.4, -0.2) is 39.6 Å². The number of hydrogen-bond acceptors (Lipinski definition) is 4. The lowest BCUT2D eigenvalue weighted by Crippen LogP contribution is -2.48. The zero-order valence-corrected chi connectivity index (χ0v) is 14.7. The molecular formula is C20H23N5O. The van der Waals surface area contributed by atoms with E-state index < -0.39 is 0 Å². The number of carbonyl (C=O) groups is 1. The first kappa shape index (κ1) is 16.6. The van der Waals surface area contributed by atoms with Gasteiger partial charge in [-0.15, -0.1) is 0 Å². The van der Waals surface area contributed by atoms with E-state index in [2.05, 4.69) is 43.0 Å². The summed E-state index contributed by atoms with van der Waals surface area (Å²) >= 11 is 0. The van der Waals surface area contributed by atoms with Gasteiger partial charge in [0.25, 0.3) is 0 Å². The third-order valence-corrected chi connectivity index (χ3v) is 4.88. The molecule has 1 saturated heterocycles. The second-order valence-corrected chi connectivity index (χ2v) is 6.72. The normalized spacial score (nSPS) is 17.4. The Morgan fingerprint density at radius 3 is 2.88 bits per heavy atom. The number of rotatable bonds is 5. The molecule has 1 aliphatic rings. The number of aromatic nitrogens is 3. The SMILES string of the molecule is O=C(CCn1ccc2ccccc21)NC1CCCN(c2ncccn2)C1. The number of anilines is 1. The van der Waals surface area contributed by atoms with Crippen LogP contribution in [0.2, 0.25) is 0 Å². The average molecular weight is 349 g/mol. The van der Waals surface area contributed by atoms with Crippen LogP contribution in [0, 0.1) is 0 Å². The van der Waals surface area contributed by atoms with Crippen molar-refractivity contribution in [2.24, 2.45) is 0 Å². The highest BCUT2D eigenvalue weighted by Crippen LogP contribution is 2.17. The number of nitrogens with zero attached hydrogens (tertiary/aromatic N) is 4. The monoisotopic (exact) mass is 349 g/mol. The van der Waals surface area contributed by atoms with Gasteiger partial charge >= 0.3 is 0 Å². The van der Waals surface area contributed by atoms with Crippen LogP contribution in [0.1, 0.15) is 19.3 Å². The fourth-order valence-electron chi connectivity index (χ4n) is 3.59. The second kappa shape index (κ2) is 7.56. The molecule has 0 radical (unpaired) electrons. The fourth-order valence-corrected chi connectivity index (χ4v) is 3.59. The number of hydrogen-bond donors (Lipinski definition) is 1. The number of benzene rings is 1. The van der Waals surface area contributed by atoms with Crippen LogP contribution in [0.4, 0.5) is 5.95 Å². The van der Waals surface area contributed by atoms with E-state index in [1.165, 1.54) is 10.9 Å². The van der Waals surface area contributed by atoms with E-state index in [1.807, 2.05) is 24.4 Å². The largest absolute Gasteiger partial charge is 0.352 e. The Morgan fingerprint density at radius 2 is 2.00 bits per heavy atom. The van der Waals surface area contributed by atoms with Crippen LogP contribution in [0.15, 0.2) is 55.0 Å². The van der Waals surface area contributed by atoms with Gasteiger partial charge in [-0.2, -0.15) is 0 Å². The molecule has 4 rings (SSSR count). The van der Waals surface area contributed by atoms with Gasteiger partial charge in [0.05, 0.1) is 0 Å². The Labute approximate surface area is 152 Å². The van der Waals surface area contributed by atoms with Gasteiger partial charge in [0.15, 0.2) is 0 Å². The summed E-state index contributed by atoms with van der Waals surface area (Å²) in [7, 11) is 0. The molecule has 3 aromatic rings. The Morgan fingerprint density at radius 1 is 1.15 bits per heavy atom. The molecule has 0 aliphatic carbocycles. The number of carbonyl (C=O) groups excluding carboxylic acids is 1. The minimum absolute atomic E-state index is 0.101. The molecule has 3 heterocycles.